The number of thioether (sulfide) groups is 1. The molecular weight excluding hydrogens is 306 g/mol. The maximum atomic E-state index is 11.9. The minimum Gasteiger partial charge on any atom is -0.350 e. The average molecular weight is 329 g/mol. The number of rotatable bonds is 5. The molecule has 1 N–H and O–H groups in total. The fraction of sp³-hybridized carbons (Fsp3) is 0.389. The zero-order chi connectivity index (χ0) is 16.9. The van der Waals surface area contributed by atoms with E-state index in [-0.39, 0.29) is 11.3 Å². The van der Waals surface area contributed by atoms with Crippen LogP contribution in [-0.4, -0.2) is 21.6 Å². The molecule has 0 aliphatic rings. The van der Waals surface area contributed by atoms with Crippen molar-refractivity contribution in [3.63, 3.8) is 0 Å². The van der Waals surface area contributed by atoms with Crippen molar-refractivity contribution in [2.75, 3.05) is 5.75 Å². The molecule has 0 fully saturated rings. The molecule has 0 aliphatic carbocycles. The number of carbonyl (C=O) groups excluding carboxylic acids is 1. The molecular formula is C18H23N3OS. The van der Waals surface area contributed by atoms with Crippen LogP contribution in [0.25, 0.3) is 0 Å². The number of benzene rings is 1. The molecule has 0 bridgehead atoms. The Hall–Kier alpha value is -1.88. The van der Waals surface area contributed by atoms with Crippen LogP contribution in [0.15, 0.2) is 41.4 Å². The topological polar surface area (TPSA) is 54.9 Å². The van der Waals surface area contributed by atoms with Crippen molar-refractivity contribution in [2.24, 2.45) is 0 Å². The number of amides is 1. The number of nitrogens with one attached hydrogen (secondary N) is 1. The van der Waals surface area contributed by atoms with Crippen LogP contribution >= 0.6 is 11.8 Å². The summed E-state index contributed by atoms with van der Waals surface area (Å²) in [5.41, 5.74) is 2.27. The zero-order valence-corrected chi connectivity index (χ0v) is 14.9. The molecule has 0 atom stereocenters. The van der Waals surface area contributed by atoms with Gasteiger partial charge in [0.1, 0.15) is 5.82 Å². The molecule has 4 nitrogen and oxygen atoms in total. The molecule has 122 valence electrons. The fourth-order valence-electron chi connectivity index (χ4n) is 2.04. The van der Waals surface area contributed by atoms with E-state index in [4.69, 9.17) is 0 Å². The summed E-state index contributed by atoms with van der Waals surface area (Å²) >= 11 is 1.54. The summed E-state index contributed by atoms with van der Waals surface area (Å²) in [4.78, 5) is 21.3. The van der Waals surface area contributed by atoms with E-state index in [2.05, 4.69) is 60.3 Å². The monoisotopic (exact) mass is 329 g/mol. The quantitative estimate of drug-likeness (QED) is 0.853. The van der Waals surface area contributed by atoms with Gasteiger partial charge >= 0.3 is 0 Å². The lowest BCUT2D eigenvalue weighted by Gasteiger charge is -2.19. The van der Waals surface area contributed by atoms with Crippen molar-refractivity contribution in [3.8, 4) is 0 Å². The van der Waals surface area contributed by atoms with Gasteiger partial charge in [-0.05, 0) is 36.1 Å². The standard InChI is InChI=1S/C18H23N3OS/c1-13-19-10-9-15(21-13)11-20-17(22)12-23-16-7-5-14(6-8-16)18(2,3)4/h5-10H,11-12H2,1-4H3,(H,20,22). The highest BCUT2D eigenvalue weighted by atomic mass is 32.2. The minimum atomic E-state index is 0.00571. The third-order valence-electron chi connectivity index (χ3n) is 3.39. The third kappa shape index (κ3) is 5.67. The highest BCUT2D eigenvalue weighted by Crippen LogP contribution is 2.25. The van der Waals surface area contributed by atoms with Crippen LogP contribution in [-0.2, 0) is 16.8 Å². The minimum absolute atomic E-state index is 0.00571. The molecule has 23 heavy (non-hydrogen) atoms. The second-order valence-electron chi connectivity index (χ2n) is 6.43. The molecule has 0 unspecified atom stereocenters. The van der Waals surface area contributed by atoms with Gasteiger partial charge in [-0.25, -0.2) is 9.97 Å². The van der Waals surface area contributed by atoms with Gasteiger partial charge in [-0.3, -0.25) is 4.79 Å². The van der Waals surface area contributed by atoms with Gasteiger partial charge in [-0.15, -0.1) is 11.8 Å². The molecule has 0 spiro atoms. The van der Waals surface area contributed by atoms with Crippen LogP contribution in [0.2, 0.25) is 0 Å². The average Bonchev–Trinajstić information content (AvgIpc) is 2.50. The fourth-order valence-corrected chi connectivity index (χ4v) is 2.77. The molecule has 2 aromatic rings. The molecule has 0 saturated heterocycles. The van der Waals surface area contributed by atoms with E-state index >= 15 is 0 Å². The Bertz CT molecular complexity index is 663. The first-order chi connectivity index (χ1) is 10.8. The molecule has 0 aliphatic heterocycles. The number of aromatic nitrogens is 2. The largest absolute Gasteiger partial charge is 0.350 e. The first-order valence-electron chi connectivity index (χ1n) is 7.63. The number of nitrogens with zero attached hydrogens (tertiary/aromatic N) is 2. The van der Waals surface area contributed by atoms with Gasteiger partial charge in [0.15, 0.2) is 0 Å². The number of hydrogen-bond donors (Lipinski definition) is 1. The summed E-state index contributed by atoms with van der Waals surface area (Å²) in [5.74, 6) is 1.12. The van der Waals surface area contributed by atoms with Crippen LogP contribution in [0.4, 0.5) is 0 Å². The molecule has 1 aromatic heterocycles. The lowest BCUT2D eigenvalue weighted by molar-refractivity contribution is -0.118. The van der Waals surface area contributed by atoms with Crippen molar-refractivity contribution in [1.82, 2.24) is 15.3 Å². The highest BCUT2D eigenvalue weighted by molar-refractivity contribution is 8.00. The van der Waals surface area contributed by atoms with E-state index in [1.54, 1.807) is 18.0 Å². The maximum absolute atomic E-state index is 11.9. The molecule has 0 saturated carbocycles. The molecule has 1 aromatic carbocycles. The second kappa shape index (κ2) is 7.59. The third-order valence-corrected chi connectivity index (χ3v) is 4.40. The zero-order valence-electron chi connectivity index (χ0n) is 14.1. The number of aryl methyl sites for hydroxylation is 1. The van der Waals surface area contributed by atoms with Crippen LogP contribution in [0, 0.1) is 6.92 Å². The first-order valence-corrected chi connectivity index (χ1v) is 8.62. The van der Waals surface area contributed by atoms with Gasteiger partial charge in [0.25, 0.3) is 0 Å². The lowest BCUT2D eigenvalue weighted by Crippen LogP contribution is -2.25. The summed E-state index contributed by atoms with van der Waals surface area (Å²) in [5, 5.41) is 2.88. The SMILES string of the molecule is Cc1nccc(CNC(=O)CSc2ccc(C(C)(C)C)cc2)n1. The van der Waals surface area contributed by atoms with Gasteiger partial charge in [0.2, 0.25) is 5.91 Å². The predicted molar refractivity (Wildman–Crippen MR) is 94.5 cm³/mol. The first kappa shape index (κ1) is 17.5. The maximum Gasteiger partial charge on any atom is 0.230 e. The summed E-state index contributed by atoms with van der Waals surface area (Å²) in [6.45, 7) is 8.85. The molecule has 1 amide bonds. The van der Waals surface area contributed by atoms with E-state index in [0.717, 1.165) is 10.6 Å². The van der Waals surface area contributed by atoms with Crippen LogP contribution in [0.5, 0.6) is 0 Å². The Morgan fingerprint density at radius 3 is 2.48 bits per heavy atom. The van der Waals surface area contributed by atoms with Gasteiger partial charge in [0.05, 0.1) is 18.0 Å². The van der Waals surface area contributed by atoms with E-state index in [9.17, 15) is 4.79 Å². The Morgan fingerprint density at radius 2 is 1.87 bits per heavy atom. The Morgan fingerprint density at radius 1 is 1.17 bits per heavy atom. The summed E-state index contributed by atoms with van der Waals surface area (Å²) in [7, 11) is 0. The summed E-state index contributed by atoms with van der Waals surface area (Å²) in [6, 6.07) is 10.2. The van der Waals surface area contributed by atoms with Gasteiger partial charge < -0.3 is 5.32 Å². The van der Waals surface area contributed by atoms with Crippen molar-refractivity contribution in [3.05, 3.63) is 53.6 Å². The van der Waals surface area contributed by atoms with Gasteiger partial charge in [-0.2, -0.15) is 0 Å². The van der Waals surface area contributed by atoms with E-state index in [1.807, 2.05) is 13.0 Å². The predicted octanol–water partition coefficient (Wildman–Crippen LogP) is 3.49. The lowest BCUT2D eigenvalue weighted by atomic mass is 9.87. The smallest absolute Gasteiger partial charge is 0.230 e. The van der Waals surface area contributed by atoms with Crippen molar-refractivity contribution in [1.29, 1.82) is 0 Å². The van der Waals surface area contributed by atoms with E-state index in [1.165, 1.54) is 5.56 Å². The van der Waals surface area contributed by atoms with Crippen molar-refractivity contribution >= 4 is 17.7 Å². The van der Waals surface area contributed by atoms with E-state index < -0.39 is 0 Å². The molecule has 1 heterocycles. The normalized spacial score (nSPS) is 11.3. The Labute approximate surface area is 142 Å². The molecule has 5 heteroatoms. The van der Waals surface area contributed by atoms with Crippen molar-refractivity contribution < 1.29 is 4.79 Å². The molecule has 2 rings (SSSR count). The van der Waals surface area contributed by atoms with Crippen molar-refractivity contribution in [2.45, 2.75) is 44.6 Å². The van der Waals surface area contributed by atoms with E-state index in [0.29, 0.717) is 18.1 Å². The van der Waals surface area contributed by atoms with Crippen LogP contribution in [0.3, 0.4) is 0 Å². The van der Waals surface area contributed by atoms with Crippen LogP contribution in [0.1, 0.15) is 37.9 Å². The number of carbonyl (C=O) groups is 1. The highest BCUT2D eigenvalue weighted by Gasteiger charge is 2.13. The van der Waals surface area contributed by atoms with Gasteiger partial charge in [0, 0.05) is 11.1 Å². The summed E-state index contributed by atoms with van der Waals surface area (Å²) in [6.07, 6.45) is 1.70. The van der Waals surface area contributed by atoms with Crippen LogP contribution < -0.4 is 5.32 Å². The molecule has 0 radical (unpaired) electrons. The Kier molecular flexibility index (Phi) is 5.77. The summed E-state index contributed by atoms with van der Waals surface area (Å²) < 4.78 is 0. The number of hydrogen-bond acceptors (Lipinski definition) is 4. The second-order valence-corrected chi connectivity index (χ2v) is 7.48. The van der Waals surface area contributed by atoms with Gasteiger partial charge in [-0.1, -0.05) is 32.9 Å². The Balaban J connectivity index is 1.80.